The molecular formula is C21H29NO2. The van der Waals surface area contributed by atoms with Crippen molar-refractivity contribution in [1.82, 2.24) is 4.98 Å². The predicted octanol–water partition coefficient (Wildman–Crippen LogP) is 5.57. The zero-order valence-electron chi connectivity index (χ0n) is 15.3. The van der Waals surface area contributed by atoms with Crippen LogP contribution >= 0.6 is 0 Å². The second-order valence-electron chi connectivity index (χ2n) is 4.72. The summed E-state index contributed by atoms with van der Waals surface area (Å²) in [5.74, 6) is -0.391. The summed E-state index contributed by atoms with van der Waals surface area (Å²) in [5.41, 5.74) is 2.45. The molecule has 0 saturated heterocycles. The van der Waals surface area contributed by atoms with E-state index in [-0.39, 0.29) is 0 Å². The average Bonchev–Trinajstić information content (AvgIpc) is 2.68. The number of carbonyl (C=O) groups excluding carboxylic acids is 1. The van der Waals surface area contributed by atoms with Crippen LogP contribution in [0.15, 0.2) is 55.2 Å². The van der Waals surface area contributed by atoms with E-state index in [4.69, 9.17) is 0 Å². The molecule has 0 radical (unpaired) electrons. The minimum atomic E-state index is -0.391. The van der Waals surface area contributed by atoms with Crippen LogP contribution in [0.1, 0.15) is 55.2 Å². The molecular weight excluding hydrogens is 298 g/mol. The number of benzene rings is 1. The number of unbranched alkanes of at least 4 members (excludes halogenated alkanes) is 1. The first-order valence-electron chi connectivity index (χ1n) is 8.42. The fraction of sp³-hybridized carbons (Fsp3) is 0.333. The topological polar surface area (TPSA) is 39.2 Å². The van der Waals surface area contributed by atoms with Crippen molar-refractivity contribution < 1.29 is 9.53 Å². The van der Waals surface area contributed by atoms with Crippen LogP contribution in [0.2, 0.25) is 0 Å². The summed E-state index contributed by atoms with van der Waals surface area (Å²) in [5, 5.41) is 0. The number of hydrogen-bond acceptors (Lipinski definition) is 3. The van der Waals surface area contributed by atoms with Crippen molar-refractivity contribution in [3.05, 3.63) is 72.1 Å². The Kier molecular flexibility index (Phi) is 12.8. The second kappa shape index (κ2) is 14.2. The Balaban J connectivity index is 0.000000405. The van der Waals surface area contributed by atoms with Gasteiger partial charge in [0.2, 0.25) is 0 Å². The number of pyridine rings is 1. The van der Waals surface area contributed by atoms with E-state index in [1.54, 1.807) is 18.3 Å². The molecule has 0 aliphatic carbocycles. The smallest absolute Gasteiger partial charge is 0.340 e. The number of methoxy groups -OCH3 is 1. The van der Waals surface area contributed by atoms with E-state index < -0.39 is 5.97 Å². The minimum Gasteiger partial charge on any atom is -0.465 e. The highest BCUT2D eigenvalue weighted by molar-refractivity contribution is 5.92. The second-order valence-corrected chi connectivity index (χ2v) is 4.72. The fourth-order valence-corrected chi connectivity index (χ4v) is 1.89. The molecule has 1 aromatic heterocycles. The number of hydrogen-bond donors (Lipinski definition) is 0. The van der Waals surface area contributed by atoms with Crippen molar-refractivity contribution >= 4 is 12.0 Å². The third-order valence-electron chi connectivity index (χ3n) is 3.10. The molecule has 0 unspecified atom stereocenters. The van der Waals surface area contributed by atoms with Gasteiger partial charge in [0.05, 0.1) is 18.4 Å². The van der Waals surface area contributed by atoms with Crippen LogP contribution in [-0.2, 0) is 11.2 Å². The summed E-state index contributed by atoms with van der Waals surface area (Å²) in [6.45, 7) is 9.76. The van der Waals surface area contributed by atoms with Crippen molar-refractivity contribution in [3.63, 3.8) is 0 Å². The summed E-state index contributed by atoms with van der Waals surface area (Å²) in [6, 6.07) is 14.0. The quantitative estimate of drug-likeness (QED) is 0.674. The van der Waals surface area contributed by atoms with Crippen LogP contribution in [0, 0.1) is 0 Å². The van der Waals surface area contributed by atoms with Gasteiger partial charge in [0.25, 0.3) is 0 Å². The highest BCUT2D eigenvalue weighted by Gasteiger charge is 2.08. The molecule has 2 aromatic rings. The molecule has 0 atom stereocenters. The van der Waals surface area contributed by atoms with Gasteiger partial charge >= 0.3 is 5.97 Å². The highest BCUT2D eigenvalue weighted by atomic mass is 16.5. The van der Waals surface area contributed by atoms with Gasteiger partial charge in [-0.2, -0.15) is 0 Å². The molecule has 0 aliphatic rings. The van der Waals surface area contributed by atoms with E-state index >= 15 is 0 Å². The first-order chi connectivity index (χ1) is 11.7. The van der Waals surface area contributed by atoms with Crippen LogP contribution < -0.4 is 0 Å². The number of aryl methyl sites for hydroxylation is 1. The third kappa shape index (κ3) is 8.28. The van der Waals surface area contributed by atoms with Gasteiger partial charge in [-0.1, -0.05) is 64.1 Å². The molecule has 0 saturated carbocycles. The fourth-order valence-electron chi connectivity index (χ4n) is 1.89. The number of nitrogens with zero attached hydrogens (tertiary/aromatic N) is 1. The molecule has 0 bridgehead atoms. The Hall–Kier alpha value is -2.42. The van der Waals surface area contributed by atoms with Gasteiger partial charge < -0.3 is 4.74 Å². The number of carbonyl (C=O) groups is 1. The maximum absolute atomic E-state index is 11.1. The van der Waals surface area contributed by atoms with Crippen molar-refractivity contribution in [2.75, 3.05) is 7.11 Å². The molecule has 3 heteroatoms. The molecule has 3 nitrogen and oxygen atoms in total. The number of rotatable bonds is 5. The van der Waals surface area contributed by atoms with E-state index in [0.717, 1.165) is 0 Å². The van der Waals surface area contributed by atoms with Gasteiger partial charge in [-0.25, -0.2) is 4.79 Å². The van der Waals surface area contributed by atoms with Gasteiger partial charge in [-0.15, -0.1) is 0 Å². The summed E-state index contributed by atoms with van der Waals surface area (Å²) < 4.78 is 4.55. The van der Waals surface area contributed by atoms with Gasteiger partial charge in [-0.3, -0.25) is 4.98 Å². The maximum atomic E-state index is 11.1. The van der Waals surface area contributed by atoms with Crippen LogP contribution in [-0.4, -0.2) is 18.1 Å². The van der Waals surface area contributed by atoms with Gasteiger partial charge in [0.1, 0.15) is 0 Å². The summed E-state index contributed by atoms with van der Waals surface area (Å²) in [6.07, 6.45) is 6.95. The molecule has 1 heterocycles. The van der Waals surface area contributed by atoms with E-state index in [1.165, 1.54) is 38.0 Å². The molecule has 0 spiro atoms. The van der Waals surface area contributed by atoms with Gasteiger partial charge in [0.15, 0.2) is 0 Å². The Morgan fingerprint density at radius 3 is 2.38 bits per heavy atom. The first kappa shape index (κ1) is 21.6. The first-order valence-corrected chi connectivity index (χ1v) is 8.42. The summed E-state index contributed by atoms with van der Waals surface area (Å²) in [4.78, 5) is 15.0. The third-order valence-corrected chi connectivity index (χ3v) is 3.10. The van der Waals surface area contributed by atoms with E-state index in [9.17, 15) is 4.79 Å². The Morgan fingerprint density at radius 2 is 1.83 bits per heavy atom. The van der Waals surface area contributed by atoms with Crippen LogP contribution in [0.5, 0.6) is 0 Å². The van der Waals surface area contributed by atoms with Crippen molar-refractivity contribution in [1.29, 1.82) is 0 Å². The Bertz CT molecular complexity index is 579. The van der Waals surface area contributed by atoms with Crippen LogP contribution in [0.3, 0.4) is 0 Å². The zero-order valence-corrected chi connectivity index (χ0v) is 15.3. The average molecular weight is 327 g/mol. The SMILES string of the molecule is C=Cc1ncccc1C(=O)OC.CC.CCCCc1ccccc1. The molecule has 2 rings (SSSR count). The van der Waals surface area contributed by atoms with E-state index in [2.05, 4.69) is 53.6 Å². The number of ether oxygens (including phenoxy) is 1. The normalized spacial score (nSPS) is 8.83. The van der Waals surface area contributed by atoms with Crippen LogP contribution in [0.4, 0.5) is 0 Å². The monoisotopic (exact) mass is 327 g/mol. The van der Waals surface area contributed by atoms with Crippen LogP contribution in [0.25, 0.3) is 6.08 Å². The van der Waals surface area contributed by atoms with Crippen molar-refractivity contribution in [2.45, 2.75) is 40.0 Å². The molecule has 0 amide bonds. The van der Waals surface area contributed by atoms with E-state index in [1.807, 2.05) is 13.8 Å². The lowest BCUT2D eigenvalue weighted by Gasteiger charge is -2.00. The zero-order chi connectivity index (χ0) is 18.2. The lowest BCUT2D eigenvalue weighted by atomic mass is 10.1. The lowest BCUT2D eigenvalue weighted by molar-refractivity contribution is 0.0600. The molecule has 0 fully saturated rings. The lowest BCUT2D eigenvalue weighted by Crippen LogP contribution is -2.04. The largest absolute Gasteiger partial charge is 0.465 e. The summed E-state index contributed by atoms with van der Waals surface area (Å²) in [7, 11) is 1.34. The van der Waals surface area contributed by atoms with Gasteiger partial charge in [-0.05, 0) is 36.6 Å². The Labute approximate surface area is 146 Å². The molecule has 0 N–H and O–H groups in total. The standard InChI is InChI=1S/C10H14.C9H9NO2.C2H6/c1-2-3-7-10-8-5-4-6-9-10;1-3-8-7(9(11)12-2)5-4-6-10-8;1-2/h4-6,8-9H,2-3,7H2,1H3;3-6H,1H2,2H3;1-2H3. The predicted molar refractivity (Wildman–Crippen MR) is 102 cm³/mol. The maximum Gasteiger partial charge on any atom is 0.340 e. The molecule has 1 aromatic carbocycles. The van der Waals surface area contributed by atoms with Crippen molar-refractivity contribution in [3.8, 4) is 0 Å². The number of aromatic nitrogens is 1. The minimum absolute atomic E-state index is 0.391. The number of esters is 1. The van der Waals surface area contributed by atoms with Crippen molar-refractivity contribution in [2.24, 2.45) is 0 Å². The van der Waals surface area contributed by atoms with E-state index in [0.29, 0.717) is 11.3 Å². The molecule has 24 heavy (non-hydrogen) atoms. The summed E-state index contributed by atoms with van der Waals surface area (Å²) >= 11 is 0. The highest BCUT2D eigenvalue weighted by Crippen LogP contribution is 2.07. The van der Waals surface area contributed by atoms with Gasteiger partial charge in [0, 0.05) is 6.20 Å². The Morgan fingerprint density at radius 1 is 1.17 bits per heavy atom. The molecule has 130 valence electrons. The molecule has 0 aliphatic heterocycles.